The van der Waals surface area contributed by atoms with Crippen LogP contribution in [0.15, 0.2) is 23.1 Å². The van der Waals surface area contributed by atoms with Gasteiger partial charge < -0.3 is 0 Å². The number of hydrogen-bond acceptors (Lipinski definition) is 4. The molecule has 15 heavy (non-hydrogen) atoms. The minimum Gasteiger partial charge on any atom is -0.258 e. The molecule has 0 unspecified atom stereocenters. The first-order chi connectivity index (χ1) is 6.85. The Labute approximate surface area is 87.3 Å². The summed E-state index contributed by atoms with van der Waals surface area (Å²) in [6.45, 7) is 0. The molecule has 7 heteroatoms. The highest BCUT2D eigenvalue weighted by molar-refractivity contribution is 7.89. The number of hydrogen-bond donors (Lipinski definition) is 0. The van der Waals surface area contributed by atoms with Crippen LogP contribution < -0.4 is 0 Å². The molecule has 0 N–H and O–H groups in total. The van der Waals surface area contributed by atoms with Gasteiger partial charge in [0.15, 0.2) is 0 Å². The summed E-state index contributed by atoms with van der Waals surface area (Å²) < 4.78 is 24.1. The fourth-order valence-corrected chi connectivity index (χ4v) is 1.77. The van der Waals surface area contributed by atoms with Crippen LogP contribution in [0, 0.1) is 16.2 Å². The molecule has 1 rings (SSSR count). The van der Waals surface area contributed by atoms with Crippen molar-refractivity contribution in [1.29, 1.82) is 0 Å². The van der Waals surface area contributed by atoms with Crippen LogP contribution in [-0.2, 0) is 10.0 Å². The molecule has 0 bridgehead atoms. The quantitative estimate of drug-likeness (QED) is 0.562. The fraction of sp³-hybridized carbons (Fsp3) is 0.250. The summed E-state index contributed by atoms with van der Waals surface area (Å²) in [6, 6.07) is 5.84. The lowest BCUT2D eigenvalue weighted by Gasteiger charge is -2.10. The molecule has 0 aromatic heterocycles. The summed E-state index contributed by atoms with van der Waals surface area (Å²) in [4.78, 5) is 9.58. The van der Waals surface area contributed by atoms with Gasteiger partial charge in [-0.05, 0) is 6.07 Å². The Hall–Kier alpha value is -1.47. The minimum absolute atomic E-state index is 0.207. The number of nitro groups is 1. The average molecular weight is 229 g/mol. The van der Waals surface area contributed by atoms with Crippen molar-refractivity contribution in [3.05, 3.63) is 34.4 Å². The molecule has 0 saturated carbocycles. The number of non-ortho nitro benzene ring substituents is 1. The molecule has 6 nitrogen and oxygen atoms in total. The lowest BCUT2D eigenvalue weighted by atomic mass is 10.3. The van der Waals surface area contributed by atoms with Gasteiger partial charge >= 0.3 is 0 Å². The Kier molecular flexibility index (Phi) is 3.06. The van der Waals surface area contributed by atoms with Crippen LogP contribution in [0.4, 0.5) is 5.69 Å². The van der Waals surface area contributed by atoms with Crippen molar-refractivity contribution in [3.63, 3.8) is 0 Å². The number of benzene rings is 1. The highest BCUT2D eigenvalue weighted by atomic mass is 32.2. The van der Waals surface area contributed by atoms with E-state index < -0.39 is 14.9 Å². The van der Waals surface area contributed by atoms with Crippen molar-refractivity contribution < 1.29 is 13.3 Å². The summed E-state index contributed by atoms with van der Waals surface area (Å²) in [5, 5.41) is 10.4. The first kappa shape index (κ1) is 11.6. The van der Waals surface area contributed by atoms with E-state index in [4.69, 9.17) is 0 Å². The van der Waals surface area contributed by atoms with Crippen molar-refractivity contribution >= 4 is 15.7 Å². The third-order valence-electron chi connectivity index (χ3n) is 1.73. The number of nitrogens with zero attached hydrogens (tertiary/aromatic N) is 2. The lowest BCUT2D eigenvalue weighted by molar-refractivity contribution is -0.385. The number of nitro benzene ring substituents is 1. The largest absolute Gasteiger partial charge is 0.270 e. The lowest BCUT2D eigenvalue weighted by Crippen LogP contribution is -2.22. The van der Waals surface area contributed by atoms with Crippen LogP contribution in [-0.4, -0.2) is 31.7 Å². The van der Waals surface area contributed by atoms with E-state index in [0.29, 0.717) is 0 Å². The van der Waals surface area contributed by atoms with E-state index in [9.17, 15) is 18.5 Å². The molecule has 0 fully saturated rings. The summed E-state index contributed by atoms with van der Waals surface area (Å²) in [5.74, 6) is 0. The second kappa shape index (κ2) is 3.95. The zero-order valence-corrected chi connectivity index (χ0v) is 8.98. The maximum atomic E-state index is 11.6. The molecule has 0 amide bonds. The third kappa shape index (κ3) is 2.31. The van der Waals surface area contributed by atoms with Gasteiger partial charge in [0.05, 0.1) is 9.82 Å². The Balaban J connectivity index is 3.29. The molecule has 0 aliphatic carbocycles. The van der Waals surface area contributed by atoms with E-state index in [2.05, 4.69) is 6.07 Å². The van der Waals surface area contributed by atoms with Gasteiger partial charge in [0.25, 0.3) is 5.69 Å². The van der Waals surface area contributed by atoms with Crippen LogP contribution in [0.25, 0.3) is 0 Å². The second-order valence-electron chi connectivity index (χ2n) is 2.96. The molecule has 1 aromatic rings. The normalized spacial score (nSPS) is 11.7. The second-order valence-corrected chi connectivity index (χ2v) is 5.08. The third-order valence-corrected chi connectivity index (χ3v) is 3.48. The molecule has 0 atom stereocenters. The van der Waals surface area contributed by atoms with Crippen molar-refractivity contribution in [1.82, 2.24) is 4.31 Å². The topological polar surface area (TPSA) is 80.5 Å². The molecule has 0 aliphatic rings. The van der Waals surface area contributed by atoms with Gasteiger partial charge in [-0.1, -0.05) is 0 Å². The van der Waals surface area contributed by atoms with Gasteiger partial charge in [-0.15, -0.1) is 0 Å². The highest BCUT2D eigenvalue weighted by Gasteiger charge is 2.19. The molecule has 0 aliphatic heterocycles. The van der Waals surface area contributed by atoms with Crippen LogP contribution in [0.1, 0.15) is 0 Å². The zero-order valence-electron chi connectivity index (χ0n) is 8.17. The Morgan fingerprint density at radius 3 is 2.53 bits per heavy atom. The standard InChI is InChI=1S/C8H9N2O4S/c1-9(2)15(13,14)8-5-3-4-7(6-8)10(11)12/h3-4,6H,1-2H3. The predicted octanol–water partition coefficient (Wildman–Crippen LogP) is 0.645. The van der Waals surface area contributed by atoms with Gasteiger partial charge in [-0.25, -0.2) is 12.7 Å². The molecular formula is C8H9N2O4S. The first-order valence-electron chi connectivity index (χ1n) is 3.94. The van der Waals surface area contributed by atoms with Crippen molar-refractivity contribution in [2.45, 2.75) is 4.90 Å². The summed E-state index contributed by atoms with van der Waals surface area (Å²) >= 11 is 0. The molecular weight excluding hydrogens is 220 g/mol. The van der Waals surface area contributed by atoms with Gasteiger partial charge in [-0.2, -0.15) is 0 Å². The molecule has 0 spiro atoms. The van der Waals surface area contributed by atoms with E-state index in [1.54, 1.807) is 0 Å². The Bertz CT molecular complexity index is 481. The summed E-state index contributed by atoms with van der Waals surface area (Å²) in [6.07, 6.45) is 0. The molecule has 1 aromatic carbocycles. The minimum atomic E-state index is -3.66. The SMILES string of the molecule is CN(C)S(=O)(=O)c1[c]ccc([N+](=O)[O-])c1. The maximum Gasteiger partial charge on any atom is 0.270 e. The van der Waals surface area contributed by atoms with E-state index in [1.807, 2.05) is 0 Å². The summed E-state index contributed by atoms with van der Waals surface area (Å²) in [7, 11) is -0.961. The van der Waals surface area contributed by atoms with E-state index >= 15 is 0 Å². The Morgan fingerprint density at radius 1 is 1.47 bits per heavy atom. The van der Waals surface area contributed by atoms with Crippen LogP contribution >= 0.6 is 0 Å². The maximum absolute atomic E-state index is 11.6. The Morgan fingerprint density at radius 2 is 2.07 bits per heavy atom. The van der Waals surface area contributed by atoms with E-state index in [0.717, 1.165) is 10.4 Å². The smallest absolute Gasteiger partial charge is 0.258 e. The van der Waals surface area contributed by atoms with E-state index in [1.165, 1.54) is 26.2 Å². The first-order valence-corrected chi connectivity index (χ1v) is 5.38. The zero-order chi connectivity index (χ0) is 11.6. The van der Waals surface area contributed by atoms with Gasteiger partial charge in [-0.3, -0.25) is 10.1 Å². The van der Waals surface area contributed by atoms with Crippen LogP contribution in [0.5, 0.6) is 0 Å². The fourth-order valence-electron chi connectivity index (χ4n) is 0.892. The average Bonchev–Trinajstić information content (AvgIpc) is 2.17. The van der Waals surface area contributed by atoms with Gasteiger partial charge in [0, 0.05) is 32.3 Å². The number of rotatable bonds is 3. The molecule has 81 valence electrons. The van der Waals surface area contributed by atoms with Crippen molar-refractivity contribution in [2.24, 2.45) is 0 Å². The summed E-state index contributed by atoms with van der Waals surface area (Å²) in [5.41, 5.74) is -0.269. The van der Waals surface area contributed by atoms with Crippen LogP contribution in [0.2, 0.25) is 0 Å². The van der Waals surface area contributed by atoms with Gasteiger partial charge in [0.2, 0.25) is 10.0 Å². The monoisotopic (exact) mass is 229 g/mol. The molecule has 0 heterocycles. The van der Waals surface area contributed by atoms with E-state index in [-0.39, 0.29) is 10.6 Å². The number of sulfonamides is 1. The molecule has 0 saturated heterocycles. The van der Waals surface area contributed by atoms with Crippen molar-refractivity contribution in [3.8, 4) is 0 Å². The van der Waals surface area contributed by atoms with Crippen molar-refractivity contribution in [2.75, 3.05) is 14.1 Å². The van der Waals surface area contributed by atoms with Gasteiger partial charge in [0.1, 0.15) is 0 Å². The molecule has 1 radical (unpaired) electrons. The highest BCUT2D eigenvalue weighted by Crippen LogP contribution is 2.18. The predicted molar refractivity (Wildman–Crippen MR) is 52.8 cm³/mol. The van der Waals surface area contributed by atoms with Crippen LogP contribution in [0.3, 0.4) is 0 Å².